The van der Waals surface area contributed by atoms with Crippen LogP contribution in [0.2, 0.25) is 0 Å². The fourth-order valence-electron chi connectivity index (χ4n) is 3.49. The number of hydrogen-bond acceptors (Lipinski definition) is 4. The summed E-state index contributed by atoms with van der Waals surface area (Å²) in [5.74, 6) is 0.112. The van der Waals surface area contributed by atoms with Gasteiger partial charge in [0.05, 0.1) is 18.3 Å². The zero-order chi connectivity index (χ0) is 19.1. The number of aromatic nitrogens is 1. The van der Waals surface area contributed by atoms with E-state index in [1.54, 1.807) is 0 Å². The van der Waals surface area contributed by atoms with Crippen molar-refractivity contribution in [2.45, 2.75) is 32.9 Å². The van der Waals surface area contributed by atoms with Crippen molar-refractivity contribution in [3.8, 4) is 0 Å². The largest absolute Gasteiger partial charge is 0.348 e. The Morgan fingerprint density at radius 2 is 1.78 bits per heavy atom. The Hall–Kier alpha value is -2.24. The molecule has 1 amide bonds. The van der Waals surface area contributed by atoms with Gasteiger partial charge in [-0.15, -0.1) is 0 Å². The highest BCUT2D eigenvalue weighted by Gasteiger charge is 2.20. The molecule has 2 aromatic rings. The van der Waals surface area contributed by atoms with E-state index >= 15 is 0 Å². The molecule has 0 radical (unpaired) electrons. The molecule has 144 valence electrons. The van der Waals surface area contributed by atoms with E-state index in [0.29, 0.717) is 6.54 Å². The second kappa shape index (κ2) is 9.62. The van der Waals surface area contributed by atoms with Gasteiger partial charge in [-0.2, -0.15) is 0 Å². The normalized spacial score (nSPS) is 16.8. The SMILES string of the molecule is CC[C@@H](NC(=O)CN1CCN(Cc2ccccn2)CC1)c1ccc(C)cc1. The van der Waals surface area contributed by atoms with Crippen LogP contribution in [0.3, 0.4) is 0 Å². The van der Waals surface area contributed by atoms with Gasteiger partial charge in [-0.25, -0.2) is 0 Å². The van der Waals surface area contributed by atoms with Gasteiger partial charge in [-0.1, -0.05) is 42.8 Å². The molecule has 1 saturated heterocycles. The maximum atomic E-state index is 12.5. The Balaban J connectivity index is 1.44. The third-order valence-electron chi connectivity index (χ3n) is 5.17. The third kappa shape index (κ3) is 5.88. The van der Waals surface area contributed by atoms with E-state index in [-0.39, 0.29) is 11.9 Å². The van der Waals surface area contributed by atoms with Crippen molar-refractivity contribution >= 4 is 5.91 Å². The standard InChI is InChI=1S/C22H30N4O/c1-3-21(19-9-7-18(2)8-10-19)24-22(27)17-26-14-12-25(13-15-26)16-20-6-4-5-11-23-20/h4-11,21H,3,12-17H2,1-2H3,(H,24,27)/t21-/m1/s1. The van der Waals surface area contributed by atoms with Gasteiger partial charge in [0.25, 0.3) is 0 Å². The van der Waals surface area contributed by atoms with Crippen molar-refractivity contribution in [3.63, 3.8) is 0 Å². The smallest absolute Gasteiger partial charge is 0.234 e. The fourth-order valence-corrected chi connectivity index (χ4v) is 3.49. The zero-order valence-corrected chi connectivity index (χ0v) is 16.4. The summed E-state index contributed by atoms with van der Waals surface area (Å²) in [6.07, 6.45) is 2.74. The number of aryl methyl sites for hydroxylation is 1. The van der Waals surface area contributed by atoms with E-state index in [4.69, 9.17) is 0 Å². The van der Waals surface area contributed by atoms with Crippen LogP contribution in [0, 0.1) is 6.92 Å². The van der Waals surface area contributed by atoms with Crippen molar-refractivity contribution in [2.75, 3.05) is 32.7 Å². The lowest BCUT2D eigenvalue weighted by Crippen LogP contribution is -2.49. The quantitative estimate of drug-likeness (QED) is 0.819. The monoisotopic (exact) mass is 366 g/mol. The number of amides is 1. The van der Waals surface area contributed by atoms with E-state index in [0.717, 1.165) is 44.8 Å². The molecular formula is C22H30N4O. The molecule has 1 aromatic carbocycles. The number of nitrogens with one attached hydrogen (secondary N) is 1. The maximum absolute atomic E-state index is 12.5. The summed E-state index contributed by atoms with van der Waals surface area (Å²) in [6.45, 7) is 9.32. The minimum absolute atomic E-state index is 0.0866. The van der Waals surface area contributed by atoms with Gasteiger partial charge in [0.15, 0.2) is 0 Å². The molecule has 1 aliphatic rings. The number of pyridine rings is 1. The number of carbonyl (C=O) groups is 1. The zero-order valence-electron chi connectivity index (χ0n) is 16.4. The number of rotatable bonds is 7. The van der Waals surface area contributed by atoms with Crippen LogP contribution >= 0.6 is 0 Å². The van der Waals surface area contributed by atoms with Crippen LogP contribution in [0.5, 0.6) is 0 Å². The molecule has 1 aromatic heterocycles. The Labute approximate surface area is 162 Å². The molecule has 1 atom stereocenters. The first kappa shape index (κ1) is 19.5. The summed E-state index contributed by atoms with van der Waals surface area (Å²) >= 11 is 0. The second-order valence-electron chi connectivity index (χ2n) is 7.31. The van der Waals surface area contributed by atoms with E-state index in [1.165, 1.54) is 11.1 Å². The van der Waals surface area contributed by atoms with Gasteiger partial charge in [0.1, 0.15) is 0 Å². The Bertz CT molecular complexity index is 709. The highest BCUT2D eigenvalue weighted by Crippen LogP contribution is 2.17. The van der Waals surface area contributed by atoms with Gasteiger partial charge < -0.3 is 5.32 Å². The summed E-state index contributed by atoms with van der Waals surface area (Å²) < 4.78 is 0. The van der Waals surface area contributed by atoms with Crippen LogP contribution in [0.15, 0.2) is 48.7 Å². The molecule has 5 nitrogen and oxygen atoms in total. The van der Waals surface area contributed by atoms with E-state index in [1.807, 2.05) is 18.3 Å². The van der Waals surface area contributed by atoms with Crippen molar-refractivity contribution < 1.29 is 4.79 Å². The van der Waals surface area contributed by atoms with E-state index in [2.05, 4.69) is 64.3 Å². The lowest BCUT2D eigenvalue weighted by Gasteiger charge is -2.34. The number of hydrogen-bond donors (Lipinski definition) is 1. The first-order valence-electron chi connectivity index (χ1n) is 9.84. The van der Waals surface area contributed by atoms with Crippen molar-refractivity contribution in [1.82, 2.24) is 20.1 Å². The number of carbonyl (C=O) groups excluding carboxylic acids is 1. The van der Waals surface area contributed by atoms with Crippen LogP contribution in [0.25, 0.3) is 0 Å². The molecule has 0 saturated carbocycles. The molecule has 0 spiro atoms. The van der Waals surface area contributed by atoms with Crippen LogP contribution < -0.4 is 5.32 Å². The molecule has 1 fully saturated rings. The Kier molecular flexibility index (Phi) is 6.96. The van der Waals surface area contributed by atoms with Crippen molar-refractivity contribution in [3.05, 3.63) is 65.5 Å². The van der Waals surface area contributed by atoms with Crippen LogP contribution in [-0.2, 0) is 11.3 Å². The highest BCUT2D eigenvalue weighted by atomic mass is 16.2. The minimum Gasteiger partial charge on any atom is -0.348 e. The van der Waals surface area contributed by atoms with Gasteiger partial charge in [-0.05, 0) is 31.0 Å². The van der Waals surface area contributed by atoms with Gasteiger partial charge in [-0.3, -0.25) is 19.6 Å². The molecule has 3 rings (SSSR count). The molecule has 1 N–H and O–H groups in total. The van der Waals surface area contributed by atoms with Crippen molar-refractivity contribution in [2.24, 2.45) is 0 Å². The van der Waals surface area contributed by atoms with Gasteiger partial charge in [0.2, 0.25) is 5.91 Å². The van der Waals surface area contributed by atoms with Crippen LogP contribution in [-0.4, -0.2) is 53.4 Å². The minimum atomic E-state index is 0.0866. The number of benzene rings is 1. The topological polar surface area (TPSA) is 48.5 Å². The average molecular weight is 367 g/mol. The molecule has 5 heteroatoms. The second-order valence-corrected chi connectivity index (χ2v) is 7.31. The first-order valence-corrected chi connectivity index (χ1v) is 9.84. The van der Waals surface area contributed by atoms with E-state index < -0.39 is 0 Å². The van der Waals surface area contributed by atoms with Gasteiger partial charge in [0, 0.05) is 38.9 Å². The summed E-state index contributed by atoms with van der Waals surface area (Å²) in [7, 11) is 0. The lowest BCUT2D eigenvalue weighted by atomic mass is 10.0. The third-order valence-corrected chi connectivity index (χ3v) is 5.17. The molecule has 2 heterocycles. The molecule has 0 bridgehead atoms. The molecule has 0 aliphatic carbocycles. The van der Waals surface area contributed by atoms with Crippen molar-refractivity contribution in [1.29, 1.82) is 0 Å². The summed E-state index contributed by atoms with van der Waals surface area (Å²) in [4.78, 5) is 21.6. The van der Waals surface area contributed by atoms with E-state index in [9.17, 15) is 4.79 Å². The molecular weight excluding hydrogens is 336 g/mol. The number of piperazine rings is 1. The Morgan fingerprint density at radius 3 is 2.41 bits per heavy atom. The van der Waals surface area contributed by atoms with Gasteiger partial charge >= 0.3 is 0 Å². The first-order chi connectivity index (χ1) is 13.1. The summed E-state index contributed by atoms with van der Waals surface area (Å²) in [5.41, 5.74) is 3.52. The highest BCUT2D eigenvalue weighted by molar-refractivity contribution is 5.78. The maximum Gasteiger partial charge on any atom is 0.234 e. The summed E-state index contributed by atoms with van der Waals surface area (Å²) in [6, 6.07) is 14.6. The Morgan fingerprint density at radius 1 is 1.07 bits per heavy atom. The van der Waals surface area contributed by atoms with Crippen LogP contribution in [0.1, 0.15) is 36.2 Å². The predicted molar refractivity (Wildman–Crippen MR) is 108 cm³/mol. The molecule has 1 aliphatic heterocycles. The predicted octanol–water partition coefficient (Wildman–Crippen LogP) is 2.78. The van der Waals surface area contributed by atoms with Crippen LogP contribution in [0.4, 0.5) is 0 Å². The fraction of sp³-hybridized carbons (Fsp3) is 0.455. The lowest BCUT2D eigenvalue weighted by molar-refractivity contribution is -0.123. The molecule has 0 unspecified atom stereocenters. The number of nitrogens with zero attached hydrogens (tertiary/aromatic N) is 3. The average Bonchev–Trinajstić information content (AvgIpc) is 2.69. The summed E-state index contributed by atoms with van der Waals surface area (Å²) in [5, 5.41) is 3.20. The molecule has 27 heavy (non-hydrogen) atoms.